The first kappa shape index (κ1) is 24.3. The third-order valence-electron chi connectivity index (χ3n) is 2.07. The molecule has 3 nitrogen and oxygen atoms in total. The molecule has 0 amide bonds. The minimum atomic E-state index is -0.833. The largest absolute Gasteiger partial charge is 0.481 e. The summed E-state index contributed by atoms with van der Waals surface area (Å²) < 4.78 is 2.20. The molecule has 20 heavy (non-hydrogen) atoms. The van der Waals surface area contributed by atoms with Gasteiger partial charge in [0.15, 0.2) is 0 Å². The molecule has 0 aromatic carbocycles. The van der Waals surface area contributed by atoms with Gasteiger partial charge in [-0.2, -0.15) is 0 Å². The van der Waals surface area contributed by atoms with Gasteiger partial charge in [0, 0.05) is 55.4 Å². The summed E-state index contributed by atoms with van der Waals surface area (Å²) in [5.74, 6) is -0.833. The SMILES string of the molecule is CC.CC.CC(=O)O.Cc1cc(C)n2ccccc12.[U]. The fourth-order valence-electron chi connectivity index (χ4n) is 1.53. The molecule has 0 bridgehead atoms. The van der Waals surface area contributed by atoms with E-state index in [1.807, 2.05) is 27.7 Å². The first-order chi connectivity index (χ1) is 9.02. The van der Waals surface area contributed by atoms with E-state index in [0.717, 1.165) is 6.92 Å². The Hall–Kier alpha value is -0.718. The minimum absolute atomic E-state index is 0. The summed E-state index contributed by atoms with van der Waals surface area (Å²) in [5, 5.41) is 7.42. The molecule has 0 saturated heterocycles. The molecule has 0 radical (unpaired) electrons. The third kappa shape index (κ3) is 9.23. The number of carboxylic acids is 1. The number of hydrogen-bond acceptors (Lipinski definition) is 1. The van der Waals surface area contributed by atoms with Gasteiger partial charge in [0.1, 0.15) is 0 Å². The average molecular weight is 503 g/mol. The quantitative estimate of drug-likeness (QED) is 0.567. The molecule has 0 aliphatic carbocycles. The number of pyridine rings is 1. The van der Waals surface area contributed by atoms with Gasteiger partial charge in [0.25, 0.3) is 5.97 Å². The van der Waals surface area contributed by atoms with Crippen molar-refractivity contribution in [1.82, 2.24) is 4.40 Å². The van der Waals surface area contributed by atoms with Crippen LogP contribution < -0.4 is 0 Å². The van der Waals surface area contributed by atoms with Gasteiger partial charge in [-0.3, -0.25) is 4.79 Å². The van der Waals surface area contributed by atoms with Gasteiger partial charge in [-0.15, -0.1) is 0 Å². The number of hydrogen-bond donors (Lipinski definition) is 1. The summed E-state index contributed by atoms with van der Waals surface area (Å²) in [7, 11) is 0. The van der Waals surface area contributed by atoms with Crippen molar-refractivity contribution < 1.29 is 41.0 Å². The molecule has 1 N–H and O–H groups in total. The molecule has 112 valence electrons. The second-order valence-electron chi connectivity index (χ2n) is 3.44. The van der Waals surface area contributed by atoms with Crippen LogP contribution in [-0.2, 0) is 4.79 Å². The summed E-state index contributed by atoms with van der Waals surface area (Å²) in [6.07, 6.45) is 2.09. The van der Waals surface area contributed by atoms with Gasteiger partial charge in [0.2, 0.25) is 0 Å². The molecule has 2 rings (SSSR count). The van der Waals surface area contributed by atoms with Crippen molar-refractivity contribution in [3.63, 3.8) is 0 Å². The maximum atomic E-state index is 9.00. The Balaban J connectivity index is -0.000000277. The van der Waals surface area contributed by atoms with Crippen LogP contribution in [0.15, 0.2) is 30.5 Å². The maximum Gasteiger partial charge on any atom is 0.300 e. The monoisotopic (exact) mass is 503 g/mol. The Morgan fingerprint density at radius 3 is 1.95 bits per heavy atom. The molecule has 2 aromatic rings. The molecular formula is C16H27NO2U. The zero-order chi connectivity index (χ0) is 15.4. The molecule has 0 atom stereocenters. The van der Waals surface area contributed by atoms with E-state index in [1.54, 1.807) is 0 Å². The molecule has 0 spiro atoms. The third-order valence-corrected chi connectivity index (χ3v) is 2.07. The van der Waals surface area contributed by atoms with Crippen molar-refractivity contribution in [2.75, 3.05) is 0 Å². The van der Waals surface area contributed by atoms with Crippen LogP contribution in [0.4, 0.5) is 0 Å². The normalized spacial score (nSPS) is 7.75. The predicted molar refractivity (Wildman–Crippen MR) is 82.9 cm³/mol. The first-order valence-corrected chi connectivity index (χ1v) is 6.75. The second kappa shape index (κ2) is 14.7. The van der Waals surface area contributed by atoms with E-state index in [1.165, 1.54) is 16.8 Å². The van der Waals surface area contributed by atoms with Crippen LogP contribution in [0.2, 0.25) is 0 Å². The van der Waals surface area contributed by atoms with E-state index >= 15 is 0 Å². The van der Waals surface area contributed by atoms with Crippen molar-refractivity contribution in [2.24, 2.45) is 0 Å². The summed E-state index contributed by atoms with van der Waals surface area (Å²) >= 11 is 0. The van der Waals surface area contributed by atoms with Crippen LogP contribution in [-0.4, -0.2) is 15.5 Å². The maximum absolute atomic E-state index is 9.00. The van der Waals surface area contributed by atoms with Crippen LogP contribution in [0.3, 0.4) is 0 Å². The van der Waals surface area contributed by atoms with Gasteiger partial charge in [0.05, 0.1) is 0 Å². The number of aryl methyl sites for hydroxylation is 2. The van der Waals surface area contributed by atoms with Crippen molar-refractivity contribution >= 4 is 11.5 Å². The van der Waals surface area contributed by atoms with Crippen molar-refractivity contribution in [3.8, 4) is 0 Å². The van der Waals surface area contributed by atoms with E-state index in [4.69, 9.17) is 9.90 Å². The zero-order valence-corrected chi connectivity index (χ0v) is 17.9. The van der Waals surface area contributed by atoms with E-state index in [0.29, 0.717) is 0 Å². The van der Waals surface area contributed by atoms with Gasteiger partial charge in [-0.05, 0) is 37.6 Å². The summed E-state index contributed by atoms with van der Waals surface area (Å²) in [6, 6.07) is 8.47. The van der Waals surface area contributed by atoms with Gasteiger partial charge < -0.3 is 9.51 Å². The predicted octanol–water partition coefficient (Wildman–Crippen LogP) is 4.70. The molecular weight excluding hydrogens is 476 g/mol. The van der Waals surface area contributed by atoms with Crippen LogP contribution >= 0.6 is 0 Å². The Morgan fingerprint density at radius 1 is 1.10 bits per heavy atom. The number of aromatic nitrogens is 1. The fourth-order valence-corrected chi connectivity index (χ4v) is 1.53. The Morgan fingerprint density at radius 2 is 1.55 bits per heavy atom. The molecule has 2 aromatic heterocycles. The summed E-state index contributed by atoms with van der Waals surface area (Å²) in [6.45, 7) is 13.3. The number of carbonyl (C=O) groups is 1. The number of fused-ring (bicyclic) bond motifs is 1. The minimum Gasteiger partial charge on any atom is -0.481 e. The molecule has 0 saturated carbocycles. The smallest absolute Gasteiger partial charge is 0.300 e. The van der Waals surface area contributed by atoms with Crippen LogP contribution in [0.25, 0.3) is 5.52 Å². The van der Waals surface area contributed by atoms with Crippen molar-refractivity contribution in [2.45, 2.75) is 48.5 Å². The first-order valence-electron chi connectivity index (χ1n) is 6.75. The Bertz CT molecular complexity index is 438. The van der Waals surface area contributed by atoms with Crippen LogP contribution in [0.5, 0.6) is 0 Å². The zero-order valence-electron chi connectivity index (χ0n) is 13.7. The fraction of sp³-hybridized carbons (Fsp3) is 0.438. The van der Waals surface area contributed by atoms with Crippen molar-refractivity contribution in [1.29, 1.82) is 0 Å². The number of aliphatic carboxylic acids is 1. The number of rotatable bonds is 0. The molecule has 0 aliphatic rings. The standard InChI is InChI=1S/C10H11N.C2H4O2.2C2H6.U/c1-8-7-9(2)11-6-4-3-5-10(8)11;1-2(3)4;2*1-2;/h3-7H,1-2H3;1H3,(H,3,4);2*1-2H3;. The summed E-state index contributed by atoms with van der Waals surface area (Å²) in [4.78, 5) is 9.00. The van der Waals surface area contributed by atoms with E-state index in [-0.39, 0.29) is 31.1 Å². The van der Waals surface area contributed by atoms with Crippen LogP contribution in [0, 0.1) is 45.0 Å². The molecule has 0 fully saturated rings. The van der Waals surface area contributed by atoms with E-state index in [2.05, 4.69) is 48.7 Å². The number of carboxylic acid groups (broad SMARTS) is 1. The molecule has 2 heterocycles. The van der Waals surface area contributed by atoms with Gasteiger partial charge in [-0.1, -0.05) is 33.8 Å². The summed E-state index contributed by atoms with van der Waals surface area (Å²) in [5.41, 5.74) is 3.96. The Kier molecular flexibility index (Phi) is 17.9. The van der Waals surface area contributed by atoms with Gasteiger partial charge >= 0.3 is 0 Å². The van der Waals surface area contributed by atoms with Crippen molar-refractivity contribution in [3.05, 3.63) is 41.7 Å². The van der Waals surface area contributed by atoms with Gasteiger partial charge in [-0.25, -0.2) is 0 Å². The second-order valence-corrected chi connectivity index (χ2v) is 3.44. The van der Waals surface area contributed by atoms with E-state index in [9.17, 15) is 0 Å². The molecule has 4 heteroatoms. The topological polar surface area (TPSA) is 41.7 Å². The van der Waals surface area contributed by atoms with E-state index < -0.39 is 5.97 Å². The van der Waals surface area contributed by atoms with Crippen LogP contribution in [0.1, 0.15) is 45.9 Å². The Labute approximate surface area is 146 Å². The number of nitrogens with zero attached hydrogens (tertiary/aromatic N) is 1. The average Bonchev–Trinajstić information content (AvgIpc) is 2.70. The molecule has 0 aliphatic heterocycles. The molecule has 0 unspecified atom stereocenters.